The average molecular weight is 492 g/mol. The van der Waals surface area contributed by atoms with E-state index < -0.39 is 30.3 Å². The number of ether oxygens (including phenoxy) is 2. The Morgan fingerprint density at radius 1 is 1.32 bits per heavy atom. The zero-order valence-electron chi connectivity index (χ0n) is 19.2. The Hall–Kier alpha value is -2.61. The second-order valence-corrected chi connectivity index (χ2v) is 7.33. The molecule has 192 valence electrons. The molecule has 2 rings (SSSR count). The third-order valence-corrected chi connectivity index (χ3v) is 5.14. The lowest BCUT2D eigenvalue weighted by molar-refractivity contribution is -0.139. The molecule has 1 aromatic rings. The first-order chi connectivity index (χ1) is 16.3. The van der Waals surface area contributed by atoms with Crippen molar-refractivity contribution in [1.82, 2.24) is 10.4 Å². The van der Waals surface area contributed by atoms with E-state index >= 15 is 0 Å². The number of aliphatic hydroxyl groups excluding tert-OH is 1. The van der Waals surface area contributed by atoms with E-state index in [-0.39, 0.29) is 32.0 Å². The summed E-state index contributed by atoms with van der Waals surface area (Å²) in [5.74, 6) is -1.99. The number of hydrogen-bond donors (Lipinski definition) is 2. The van der Waals surface area contributed by atoms with E-state index in [0.717, 1.165) is 0 Å². The number of hydroxylamine groups is 2. The van der Waals surface area contributed by atoms with Crippen LogP contribution in [-0.4, -0.2) is 101 Å². The third kappa shape index (κ3) is 8.01. The lowest BCUT2D eigenvalue weighted by atomic mass is 10.2. The third-order valence-electron chi connectivity index (χ3n) is 5.14. The van der Waals surface area contributed by atoms with Crippen LogP contribution in [0.25, 0.3) is 0 Å². The maximum Gasteiger partial charge on any atom is 0.414 e. The van der Waals surface area contributed by atoms with Crippen LogP contribution in [0.2, 0.25) is 0 Å². The summed E-state index contributed by atoms with van der Waals surface area (Å²) in [6.07, 6.45) is -4.74. The molecule has 0 aliphatic carbocycles. The number of nitrogens with one attached hydrogen (secondary N) is 1. The van der Waals surface area contributed by atoms with Gasteiger partial charge in [-0.15, -0.1) is 0 Å². The van der Waals surface area contributed by atoms with Gasteiger partial charge in [-0.2, -0.15) is 13.8 Å². The minimum Gasteiger partial charge on any atom is -0.442 e. The fraction of sp³-hybridized carbons (Fsp3) is 0.619. The number of nitrogens with zero attached hydrogens (tertiary/aromatic N) is 3. The molecule has 0 spiro atoms. The number of carbonyl (C=O) groups is 2. The smallest absolute Gasteiger partial charge is 0.414 e. The van der Waals surface area contributed by atoms with Gasteiger partial charge in [-0.05, 0) is 25.1 Å². The highest BCUT2D eigenvalue weighted by atomic mass is 19.3. The van der Waals surface area contributed by atoms with Crippen molar-refractivity contribution in [1.29, 1.82) is 0 Å². The largest absolute Gasteiger partial charge is 0.442 e. The number of halogens is 3. The number of aliphatic hydroxyl groups is 1. The van der Waals surface area contributed by atoms with Crippen LogP contribution in [0.3, 0.4) is 0 Å². The lowest BCUT2D eigenvalue weighted by Crippen LogP contribution is -2.37. The van der Waals surface area contributed by atoms with Crippen molar-refractivity contribution in [2.75, 3.05) is 76.0 Å². The monoisotopic (exact) mass is 492 g/mol. The molecular weight excluding hydrogens is 461 g/mol. The molecule has 0 radical (unpaired) electrons. The van der Waals surface area contributed by atoms with Crippen LogP contribution in [0.1, 0.15) is 6.92 Å². The van der Waals surface area contributed by atoms with Gasteiger partial charge in [0.05, 0.1) is 51.4 Å². The molecular formula is C21H31F3N4O6. The molecule has 2 amide bonds. The Morgan fingerprint density at radius 3 is 2.71 bits per heavy atom. The summed E-state index contributed by atoms with van der Waals surface area (Å²) in [7, 11) is 1.53. The molecule has 10 nitrogen and oxygen atoms in total. The highest BCUT2D eigenvalue weighted by Gasteiger charge is 2.33. The van der Waals surface area contributed by atoms with Crippen molar-refractivity contribution < 1.29 is 42.2 Å². The van der Waals surface area contributed by atoms with Gasteiger partial charge in [-0.25, -0.2) is 9.18 Å². The summed E-state index contributed by atoms with van der Waals surface area (Å²) in [5, 5.41) is 12.4. The van der Waals surface area contributed by atoms with E-state index in [4.69, 9.17) is 19.4 Å². The molecule has 2 N–H and O–H groups in total. The van der Waals surface area contributed by atoms with Crippen LogP contribution >= 0.6 is 0 Å². The normalized spacial score (nSPS) is 15.8. The molecule has 0 aromatic heterocycles. The first kappa shape index (κ1) is 27.6. The predicted octanol–water partition coefficient (Wildman–Crippen LogP) is 1.23. The molecule has 1 aromatic carbocycles. The standard InChI is InChI=1S/C21H31F3N4O6/c1-3-26(6-7-27(32-2)8-10-33-11-9-29)18-5-4-15(12-17(18)22)28-14-16(34-21(28)31)13-25-20(30)19(23)24/h4-5,12,16,19,29H,3,6-11,13-14H2,1-2H3,(H,25,30)/t16-/m0/s1. The molecule has 1 aliphatic heterocycles. The fourth-order valence-electron chi connectivity index (χ4n) is 3.36. The minimum absolute atomic E-state index is 0.0141. The van der Waals surface area contributed by atoms with Crippen molar-refractivity contribution in [3.05, 3.63) is 24.0 Å². The van der Waals surface area contributed by atoms with Crippen molar-refractivity contribution in [2.24, 2.45) is 0 Å². The van der Waals surface area contributed by atoms with Gasteiger partial charge in [-0.1, -0.05) is 0 Å². The summed E-state index contributed by atoms with van der Waals surface area (Å²) in [4.78, 5) is 31.4. The van der Waals surface area contributed by atoms with Gasteiger partial charge in [0.2, 0.25) is 0 Å². The summed E-state index contributed by atoms with van der Waals surface area (Å²) < 4.78 is 49.9. The fourth-order valence-corrected chi connectivity index (χ4v) is 3.36. The number of benzene rings is 1. The van der Waals surface area contributed by atoms with Gasteiger partial charge in [0, 0.05) is 26.2 Å². The topological polar surface area (TPSA) is 104 Å². The lowest BCUT2D eigenvalue weighted by Gasteiger charge is -2.28. The number of amides is 2. The maximum absolute atomic E-state index is 15.0. The van der Waals surface area contributed by atoms with Gasteiger partial charge >= 0.3 is 12.5 Å². The van der Waals surface area contributed by atoms with Gasteiger partial charge in [0.1, 0.15) is 11.9 Å². The summed E-state index contributed by atoms with van der Waals surface area (Å²) >= 11 is 0. The Bertz CT molecular complexity index is 804. The molecule has 1 atom stereocenters. The van der Waals surface area contributed by atoms with E-state index in [1.165, 1.54) is 18.1 Å². The number of likely N-dealkylation sites (N-methyl/N-ethyl adjacent to an activating group) is 1. The van der Waals surface area contributed by atoms with Crippen LogP contribution in [0, 0.1) is 5.82 Å². The van der Waals surface area contributed by atoms with Gasteiger partial charge in [0.25, 0.3) is 5.91 Å². The van der Waals surface area contributed by atoms with Crippen LogP contribution in [0.15, 0.2) is 18.2 Å². The van der Waals surface area contributed by atoms with E-state index in [1.54, 1.807) is 17.2 Å². The number of rotatable bonds is 15. The number of cyclic esters (lactones) is 1. The van der Waals surface area contributed by atoms with Crippen molar-refractivity contribution in [3.63, 3.8) is 0 Å². The Labute approximate surface area is 196 Å². The van der Waals surface area contributed by atoms with Gasteiger partial charge in [-0.3, -0.25) is 9.69 Å². The molecule has 1 fully saturated rings. The Kier molecular flexibility index (Phi) is 11.3. The number of hydrogen-bond acceptors (Lipinski definition) is 8. The summed E-state index contributed by atoms with van der Waals surface area (Å²) in [6.45, 7) is 4.08. The molecule has 1 saturated heterocycles. The van der Waals surface area contributed by atoms with E-state index in [2.05, 4.69) is 0 Å². The molecule has 1 aliphatic rings. The average Bonchev–Trinajstić information content (AvgIpc) is 3.20. The highest BCUT2D eigenvalue weighted by Crippen LogP contribution is 2.28. The zero-order chi connectivity index (χ0) is 25.1. The van der Waals surface area contributed by atoms with Crippen LogP contribution in [-0.2, 0) is 19.1 Å². The number of anilines is 2. The number of carbonyl (C=O) groups excluding carboxylic acids is 2. The zero-order valence-corrected chi connectivity index (χ0v) is 19.2. The second kappa shape index (κ2) is 13.9. The van der Waals surface area contributed by atoms with Crippen molar-refractivity contribution in [3.8, 4) is 0 Å². The second-order valence-electron chi connectivity index (χ2n) is 7.33. The molecule has 13 heteroatoms. The van der Waals surface area contributed by atoms with E-state index in [1.807, 2.05) is 17.1 Å². The first-order valence-corrected chi connectivity index (χ1v) is 10.9. The number of alkyl halides is 2. The van der Waals surface area contributed by atoms with Gasteiger partial charge < -0.3 is 29.6 Å². The maximum atomic E-state index is 15.0. The molecule has 0 unspecified atom stereocenters. The SMILES string of the molecule is CCN(CCN(CCOCCO)OC)c1ccc(N2C[C@H](CNC(=O)C(F)F)OC2=O)cc1F. The van der Waals surface area contributed by atoms with Crippen LogP contribution < -0.4 is 15.1 Å². The quantitative estimate of drug-likeness (QED) is 0.278. The highest BCUT2D eigenvalue weighted by molar-refractivity contribution is 5.90. The summed E-state index contributed by atoms with van der Waals surface area (Å²) in [6, 6.07) is 4.32. The van der Waals surface area contributed by atoms with E-state index in [0.29, 0.717) is 38.5 Å². The molecule has 34 heavy (non-hydrogen) atoms. The summed E-state index contributed by atoms with van der Waals surface area (Å²) in [5.41, 5.74) is 0.594. The first-order valence-electron chi connectivity index (χ1n) is 10.9. The predicted molar refractivity (Wildman–Crippen MR) is 117 cm³/mol. The van der Waals surface area contributed by atoms with Crippen LogP contribution in [0.5, 0.6) is 0 Å². The van der Waals surface area contributed by atoms with Crippen LogP contribution in [0.4, 0.5) is 29.3 Å². The van der Waals surface area contributed by atoms with E-state index in [9.17, 15) is 22.8 Å². The Balaban J connectivity index is 1.96. The minimum atomic E-state index is -3.16. The molecule has 0 bridgehead atoms. The Morgan fingerprint density at radius 2 is 2.09 bits per heavy atom. The van der Waals surface area contributed by atoms with Crippen molar-refractivity contribution in [2.45, 2.75) is 19.5 Å². The molecule has 0 saturated carbocycles. The molecule has 1 heterocycles. The van der Waals surface area contributed by atoms with Crippen molar-refractivity contribution >= 4 is 23.4 Å². The van der Waals surface area contributed by atoms with Gasteiger partial charge in [0.15, 0.2) is 0 Å².